The molecule has 13 atom stereocenters. The van der Waals surface area contributed by atoms with Gasteiger partial charge in [0.15, 0.2) is 0 Å². The Morgan fingerprint density at radius 3 is 1.06 bits per heavy atom. The van der Waals surface area contributed by atoms with Gasteiger partial charge in [-0.25, -0.2) is 4.68 Å². The van der Waals surface area contributed by atoms with E-state index in [2.05, 4.69) is 126 Å². The van der Waals surface area contributed by atoms with Crippen LogP contribution in [0.1, 0.15) is 189 Å². The number of methoxy groups -OCH3 is 6. The maximum atomic E-state index is 13.0. The van der Waals surface area contributed by atoms with Gasteiger partial charge >= 0.3 is 65.4 Å². The number of ether oxygens (including phenoxy) is 6. The van der Waals surface area contributed by atoms with E-state index in [1.54, 1.807) is 58.5 Å². The average Bonchev–Trinajstić information content (AvgIpc) is 1.58. The van der Waals surface area contributed by atoms with Crippen molar-refractivity contribution in [2.45, 2.75) is 167 Å². The molecule has 0 spiro atoms. The number of hydrogen-bond acceptors (Lipinski definition) is 20. The third-order valence-corrected chi connectivity index (χ3v) is 25.7. The second-order valence-electron chi connectivity index (χ2n) is 36.3. The first kappa shape index (κ1) is 117. The van der Waals surface area contributed by atoms with Crippen LogP contribution in [-0.2, 0) is 82.9 Å². The number of carbonyl (C=O) groups is 10. The predicted molar refractivity (Wildman–Crippen MR) is 526 cm³/mol. The number of imide groups is 2. The summed E-state index contributed by atoms with van der Waals surface area (Å²) >= 11 is 10.4. The standard InChI is InChI=1S/C25H28N4O4.2C13H17BrO2.2C13H17N3O2.C12H11NO2.C8H7.C5H9BrO2.N3.Na/c1-25(2,24(32)33-3)12-19(15-7-5-4-6-8-15)29-14-18(26-27-29)13-28-22(30)20-16-9-10-17(11-16)21(20)23(28)31;2*1-13(2,12(15)16-3)9-11(14)10-7-5-4-6-8-10;2*1-13(2,12(17)18-3)9-11(15-16-14)10-7-5-4-6-8-10;1-2-5-13-11(14)9-7-3-4-8(6-7)10(9)12(13)15;1-2-8-6-4-3-5-7-8;1-5(2,6)4(7)8-3;1-3-2;/h4-10,14,16-17,19-21H,11-13H2,1-3H3;2*4-8,11H,9H2,1-3H3;2*4-8,11H,9H2,1-3H3;1,3-4,7-10H,5-6H2;2-6H,1H2;1-3H3;;/q;;;;;;+1;;-1;+1/t;;;;;7?,8?,9-,10+;;;;. The molecule has 34 heteroatoms. The quantitative estimate of drug-likeness (QED) is 0.00376. The number of rotatable bonds is 28. The first-order chi connectivity index (χ1) is 63.8. The summed E-state index contributed by atoms with van der Waals surface area (Å²) in [5, 5.41) is 16.1. The van der Waals surface area contributed by atoms with Crippen LogP contribution in [0.3, 0.4) is 0 Å². The smallest absolute Gasteiger partial charge is 0.469 e. The number of allylic oxidation sites excluding steroid dienone is 11. The van der Waals surface area contributed by atoms with Gasteiger partial charge in [0.05, 0.1) is 137 Å². The van der Waals surface area contributed by atoms with Crippen LogP contribution in [0, 0.1) is 92.8 Å². The summed E-state index contributed by atoms with van der Waals surface area (Å²) in [6.45, 7) is 25.7. The van der Waals surface area contributed by atoms with Crippen molar-refractivity contribution < 1.29 is 106 Å². The number of benzene rings is 5. The van der Waals surface area contributed by atoms with Crippen LogP contribution in [0.5, 0.6) is 0 Å². The first-order valence-electron chi connectivity index (χ1n) is 43.6. The summed E-state index contributed by atoms with van der Waals surface area (Å²) in [5.41, 5.74) is 34.4. The van der Waals surface area contributed by atoms with Crippen LogP contribution in [0.4, 0.5) is 0 Å². The van der Waals surface area contributed by atoms with Gasteiger partial charge in [0, 0.05) is 49.9 Å². The molecule has 7 aliphatic rings. The zero-order valence-electron chi connectivity index (χ0n) is 80.8. The fourth-order valence-corrected chi connectivity index (χ4v) is 18.9. The molecule has 11 unspecified atom stereocenters. The molecule has 4 bridgehead atoms. The summed E-state index contributed by atoms with van der Waals surface area (Å²) in [7, 11) is 8.32. The number of nitrogens with zero attached hydrogens (tertiary/aromatic N) is 14. The third kappa shape index (κ3) is 33.8. The van der Waals surface area contributed by atoms with Gasteiger partial charge in [0.1, 0.15) is 15.6 Å². The number of fused-ring (bicyclic) bond motifs is 10. The minimum Gasteiger partial charge on any atom is -0.469 e. The molecule has 4 fully saturated rings. The minimum absolute atomic E-state index is 0. The number of carbonyl (C=O) groups excluding carboxylic acids is 10. The molecule has 2 saturated carbocycles. The Labute approximate surface area is 845 Å². The summed E-state index contributed by atoms with van der Waals surface area (Å²) in [6.07, 6.45) is 32.4. The summed E-state index contributed by atoms with van der Waals surface area (Å²) in [4.78, 5) is 129. The Bertz CT molecular complexity index is 5130. The van der Waals surface area contributed by atoms with E-state index in [0.29, 0.717) is 37.8 Å². The van der Waals surface area contributed by atoms with E-state index >= 15 is 0 Å². The fourth-order valence-electron chi connectivity index (χ4n) is 16.5. The molecule has 2 saturated heterocycles. The van der Waals surface area contributed by atoms with E-state index in [-0.39, 0.29) is 177 Å². The van der Waals surface area contributed by atoms with E-state index in [9.17, 15) is 47.9 Å². The van der Waals surface area contributed by atoms with E-state index in [0.717, 1.165) is 35.1 Å². The second kappa shape index (κ2) is 55.7. The molecule has 136 heavy (non-hydrogen) atoms. The Hall–Kier alpha value is -11.4. The number of halogens is 3. The number of alkyl halides is 3. The molecule has 6 aromatic rings. The second-order valence-corrected chi connectivity index (χ2v) is 40.5. The molecule has 5 aliphatic carbocycles. The zero-order valence-corrected chi connectivity index (χ0v) is 87.5. The number of aromatic nitrogens is 3. The van der Waals surface area contributed by atoms with Crippen LogP contribution >= 0.6 is 47.8 Å². The predicted octanol–water partition coefficient (Wildman–Crippen LogP) is 19.1. The molecule has 2 aliphatic heterocycles. The number of terminal acetylenes is 1. The zero-order chi connectivity index (χ0) is 101. The molecule has 1 aromatic heterocycles. The molecule has 30 nitrogen and oxygen atoms in total. The molecule has 13 rings (SSSR count). The maximum Gasteiger partial charge on any atom is 1.00 e. The molecule has 3 heterocycles. The average molecular weight is 2060 g/mol. The minimum atomic E-state index is -0.744. The van der Waals surface area contributed by atoms with Gasteiger partial charge in [-0.05, 0) is 191 Å². The van der Waals surface area contributed by atoms with Crippen LogP contribution in [0.15, 0.2) is 235 Å². The normalized spacial score (nSPS) is 19.0. The van der Waals surface area contributed by atoms with Crippen LogP contribution in [-0.4, -0.2) is 138 Å². The number of likely N-dealkylation sites (tertiary alicyclic amines) is 2. The monoisotopic (exact) mass is 2060 g/mol. The Morgan fingerprint density at radius 2 is 0.787 bits per heavy atom. The van der Waals surface area contributed by atoms with Crippen LogP contribution in [0.2, 0.25) is 0 Å². The molecule has 0 N–H and O–H groups in total. The van der Waals surface area contributed by atoms with Gasteiger partial charge < -0.3 is 39.5 Å². The number of hydrogen-bond donors (Lipinski definition) is 0. The Morgan fingerprint density at radius 1 is 0.485 bits per heavy atom. The van der Waals surface area contributed by atoms with Gasteiger partial charge in [0.25, 0.3) is 0 Å². The van der Waals surface area contributed by atoms with Crippen molar-refractivity contribution in [3.63, 3.8) is 0 Å². The summed E-state index contributed by atoms with van der Waals surface area (Å²) in [6, 6.07) is 47.7. The molecule has 4 amide bonds. The van der Waals surface area contributed by atoms with Crippen molar-refractivity contribution in [3.05, 3.63) is 301 Å². The Kier molecular flexibility index (Phi) is 47.9. The molecular weight excluding hydrogens is 1940 g/mol. The van der Waals surface area contributed by atoms with Gasteiger partial charge in [-0.1, -0.05) is 252 Å². The topological polar surface area (TPSA) is 419 Å². The SMILES string of the molecule is C#CCN1C(=O)[C@@H]2C3C=CC(C3)[C@@H]2C1=O.C=CC1=CC=CC=[C+]1.COC(=O)C(C)(C)Br.COC(=O)C(C)(C)CC(Br)c1ccccc1.COC(=O)C(C)(C)CC(Br)c1ccccc1.COC(=O)C(C)(C)CC(N=[N+]=[N-])c1ccccc1.COC(=O)C(C)(C)CC(N=[N+]=[N-])c1ccccc1.COC(=O)C(C)(C)CC(c1ccccc1)n1cc(CN2C(=O)C3C4C=CC(C4)C3C2=O)nn1.[N-]=[N+]=[N-].[Na+]. The number of esters is 6. The van der Waals surface area contributed by atoms with Gasteiger partial charge in [-0.3, -0.25) is 62.7 Å². The number of azide groups is 2. The first-order valence-corrected chi connectivity index (χ1v) is 46.3. The van der Waals surface area contributed by atoms with Crippen LogP contribution in [0.25, 0.3) is 36.9 Å². The van der Waals surface area contributed by atoms with E-state index in [1.165, 1.54) is 68.5 Å². The summed E-state index contributed by atoms with van der Waals surface area (Å²) < 4.78 is 29.7. The largest absolute Gasteiger partial charge is 1.00 e. The van der Waals surface area contributed by atoms with Gasteiger partial charge in [-0.15, -0.1) is 11.5 Å². The van der Waals surface area contributed by atoms with Crippen molar-refractivity contribution >= 4 is 107 Å². The van der Waals surface area contributed by atoms with Crippen LogP contribution < -0.4 is 29.6 Å². The molecular formula is C102H123Br3N14NaO16+. The maximum absolute atomic E-state index is 13.0. The van der Waals surface area contributed by atoms with Crippen molar-refractivity contribution in [1.29, 1.82) is 0 Å². The van der Waals surface area contributed by atoms with E-state index in [1.807, 2.05) is 218 Å². The fraction of sp³-hybridized carbons (Fsp3) is 0.451. The molecule has 5 aromatic carbocycles. The van der Waals surface area contributed by atoms with Gasteiger partial charge in [-0.2, -0.15) is 0 Å². The van der Waals surface area contributed by atoms with Crippen molar-refractivity contribution in [2.24, 2.45) is 84.6 Å². The van der Waals surface area contributed by atoms with E-state index in [4.69, 9.17) is 52.2 Å². The Balaban J connectivity index is 0.000000335. The van der Waals surface area contributed by atoms with Crippen molar-refractivity contribution in [3.8, 4) is 12.3 Å². The molecule has 0 radical (unpaired) electrons. The van der Waals surface area contributed by atoms with Crippen molar-refractivity contribution in [1.82, 2.24) is 24.8 Å². The van der Waals surface area contributed by atoms with Gasteiger partial charge in [0.2, 0.25) is 23.6 Å². The van der Waals surface area contributed by atoms with E-state index < -0.39 is 31.4 Å². The van der Waals surface area contributed by atoms with Crippen molar-refractivity contribution in [2.75, 3.05) is 49.2 Å². The summed E-state index contributed by atoms with van der Waals surface area (Å²) in [5.74, 6) is 0.809. The third-order valence-electron chi connectivity index (χ3n) is 23.6. The number of amides is 4. The molecule has 718 valence electrons.